The average Bonchev–Trinajstić information content (AvgIpc) is 1.86. The van der Waals surface area contributed by atoms with Crippen molar-refractivity contribution in [1.29, 1.82) is 0 Å². The monoisotopic (exact) mass is 168 g/mol. The van der Waals surface area contributed by atoms with Gasteiger partial charge in [0.2, 0.25) is 0 Å². The van der Waals surface area contributed by atoms with Crippen LogP contribution in [0.4, 0.5) is 13.2 Å². The van der Waals surface area contributed by atoms with Crippen LogP contribution >= 0.6 is 0 Å². The number of carbonyl (C=O) groups excluding carboxylic acids is 1. The Labute approximate surface area is 61.6 Å². The summed E-state index contributed by atoms with van der Waals surface area (Å²) in [6.07, 6.45) is -2.93. The summed E-state index contributed by atoms with van der Waals surface area (Å²) >= 11 is 0. The van der Waals surface area contributed by atoms with E-state index in [-0.39, 0.29) is 6.61 Å². The number of carbonyl (C=O) groups is 1. The van der Waals surface area contributed by atoms with Crippen LogP contribution in [0.3, 0.4) is 0 Å². The number of halogens is 3. The Morgan fingerprint density at radius 3 is 2.27 bits per heavy atom. The first-order valence-corrected chi connectivity index (χ1v) is 2.87. The number of hydrogen-bond acceptors (Lipinski definition) is 2. The van der Waals surface area contributed by atoms with Gasteiger partial charge in [-0.3, -0.25) is 4.79 Å². The molecule has 0 aromatic heterocycles. The summed E-state index contributed by atoms with van der Waals surface area (Å²) in [5, 5.41) is 0. The highest BCUT2D eigenvalue weighted by Gasteiger charge is 2.04. The van der Waals surface area contributed by atoms with Gasteiger partial charge in [-0.25, -0.2) is 4.39 Å². The molecule has 0 saturated carbocycles. The highest BCUT2D eigenvalue weighted by atomic mass is 19.3. The smallest absolute Gasteiger partial charge is 0.302 e. The van der Waals surface area contributed by atoms with Crippen molar-refractivity contribution in [3.05, 3.63) is 11.9 Å². The zero-order chi connectivity index (χ0) is 8.85. The van der Waals surface area contributed by atoms with E-state index in [4.69, 9.17) is 0 Å². The summed E-state index contributed by atoms with van der Waals surface area (Å²) in [6, 6.07) is 0. The molecule has 0 unspecified atom stereocenters. The van der Waals surface area contributed by atoms with E-state index in [1.165, 1.54) is 0 Å². The first kappa shape index (κ1) is 10.0. The molecular formula is C6H7F3O2. The number of ether oxygens (including phenoxy) is 1. The molecule has 0 aliphatic rings. The summed E-state index contributed by atoms with van der Waals surface area (Å²) in [7, 11) is 0. The van der Waals surface area contributed by atoms with E-state index in [9.17, 15) is 18.0 Å². The second-order valence-electron chi connectivity index (χ2n) is 1.76. The van der Waals surface area contributed by atoms with Gasteiger partial charge >= 0.3 is 12.0 Å². The fourth-order valence-corrected chi connectivity index (χ4v) is 0.379. The van der Waals surface area contributed by atoms with Crippen LogP contribution in [0, 0.1) is 0 Å². The lowest BCUT2D eigenvalue weighted by molar-refractivity contribution is -0.140. The molecule has 0 radical (unpaired) electrons. The maximum absolute atomic E-state index is 11.9. The third-order valence-electron chi connectivity index (χ3n) is 0.832. The Morgan fingerprint density at radius 2 is 1.91 bits per heavy atom. The highest BCUT2D eigenvalue weighted by molar-refractivity contribution is 5.65. The Balaban J connectivity index is 3.56. The minimum atomic E-state index is -2.36. The van der Waals surface area contributed by atoms with Crippen molar-refractivity contribution in [2.24, 2.45) is 0 Å². The van der Waals surface area contributed by atoms with E-state index < -0.39 is 24.3 Å². The fraction of sp³-hybridized carbons (Fsp3) is 0.500. The normalized spacial score (nSPS) is 9.09. The molecule has 2 nitrogen and oxygen atoms in total. The Kier molecular flexibility index (Phi) is 4.33. The van der Waals surface area contributed by atoms with Crippen LogP contribution in [0.15, 0.2) is 11.9 Å². The van der Waals surface area contributed by atoms with Crippen molar-refractivity contribution in [3.63, 3.8) is 0 Å². The number of esters is 1. The molecule has 5 heteroatoms. The molecule has 64 valence electrons. The molecule has 11 heavy (non-hydrogen) atoms. The fourth-order valence-electron chi connectivity index (χ4n) is 0.379. The SMILES string of the molecule is CC(=O)OCCC(F)=C(F)F. The first-order chi connectivity index (χ1) is 5.04. The molecule has 0 bridgehead atoms. The van der Waals surface area contributed by atoms with E-state index in [1.54, 1.807) is 0 Å². The second kappa shape index (κ2) is 4.76. The lowest BCUT2D eigenvalue weighted by Gasteiger charge is -1.97. The van der Waals surface area contributed by atoms with Gasteiger partial charge < -0.3 is 4.74 Å². The molecule has 0 aromatic rings. The van der Waals surface area contributed by atoms with Gasteiger partial charge in [-0.15, -0.1) is 0 Å². The minimum Gasteiger partial charge on any atom is -0.465 e. The largest absolute Gasteiger partial charge is 0.465 e. The molecule has 0 aromatic carbocycles. The first-order valence-electron chi connectivity index (χ1n) is 2.87. The molecule has 0 amide bonds. The number of hydrogen-bond donors (Lipinski definition) is 0. The third kappa shape index (κ3) is 5.44. The average molecular weight is 168 g/mol. The van der Waals surface area contributed by atoms with Crippen LogP contribution in [-0.4, -0.2) is 12.6 Å². The molecule has 0 N–H and O–H groups in total. The molecule has 0 spiro atoms. The van der Waals surface area contributed by atoms with Gasteiger partial charge in [0.25, 0.3) is 0 Å². The summed E-state index contributed by atoms with van der Waals surface area (Å²) in [4.78, 5) is 10.0. The molecule has 0 heterocycles. The van der Waals surface area contributed by atoms with Gasteiger partial charge in [0.15, 0.2) is 5.83 Å². The van der Waals surface area contributed by atoms with Crippen LogP contribution in [0.25, 0.3) is 0 Å². The Morgan fingerprint density at radius 1 is 1.36 bits per heavy atom. The minimum absolute atomic E-state index is 0.349. The lowest BCUT2D eigenvalue weighted by atomic mass is 10.4. The molecule has 0 saturated heterocycles. The second-order valence-corrected chi connectivity index (χ2v) is 1.76. The predicted octanol–water partition coefficient (Wildman–Crippen LogP) is 2.02. The van der Waals surface area contributed by atoms with Crippen molar-refractivity contribution in [3.8, 4) is 0 Å². The van der Waals surface area contributed by atoms with E-state index in [1.807, 2.05) is 0 Å². The van der Waals surface area contributed by atoms with Crippen molar-refractivity contribution in [2.75, 3.05) is 6.61 Å². The molecule has 0 atom stereocenters. The van der Waals surface area contributed by atoms with Gasteiger partial charge in [0, 0.05) is 13.3 Å². The lowest BCUT2D eigenvalue weighted by Crippen LogP contribution is -2.00. The van der Waals surface area contributed by atoms with Gasteiger partial charge in [0.05, 0.1) is 6.61 Å². The summed E-state index contributed by atoms with van der Waals surface area (Å²) in [5.74, 6) is -2.15. The van der Waals surface area contributed by atoms with Crippen LogP contribution in [0.1, 0.15) is 13.3 Å². The van der Waals surface area contributed by atoms with Crippen LogP contribution < -0.4 is 0 Å². The van der Waals surface area contributed by atoms with Crippen LogP contribution in [0.5, 0.6) is 0 Å². The van der Waals surface area contributed by atoms with E-state index in [0.717, 1.165) is 6.92 Å². The van der Waals surface area contributed by atoms with Crippen molar-refractivity contribution >= 4 is 5.97 Å². The van der Waals surface area contributed by atoms with E-state index >= 15 is 0 Å². The zero-order valence-electron chi connectivity index (χ0n) is 5.86. The van der Waals surface area contributed by atoms with Gasteiger partial charge in [0.1, 0.15) is 0 Å². The van der Waals surface area contributed by atoms with Gasteiger partial charge in [-0.2, -0.15) is 8.78 Å². The summed E-state index contributed by atoms with van der Waals surface area (Å²) < 4.78 is 38.8. The van der Waals surface area contributed by atoms with E-state index in [2.05, 4.69) is 4.74 Å². The third-order valence-corrected chi connectivity index (χ3v) is 0.832. The predicted molar refractivity (Wildman–Crippen MR) is 31.6 cm³/mol. The highest BCUT2D eigenvalue weighted by Crippen LogP contribution is 2.12. The van der Waals surface area contributed by atoms with Crippen LogP contribution in [0.2, 0.25) is 0 Å². The van der Waals surface area contributed by atoms with Gasteiger partial charge in [-0.05, 0) is 0 Å². The number of rotatable bonds is 3. The maximum Gasteiger partial charge on any atom is 0.302 e. The molecule has 0 aliphatic carbocycles. The topological polar surface area (TPSA) is 26.3 Å². The Hall–Kier alpha value is -1.00. The van der Waals surface area contributed by atoms with Crippen molar-refractivity contribution in [1.82, 2.24) is 0 Å². The molecule has 0 rings (SSSR count). The maximum atomic E-state index is 11.9. The van der Waals surface area contributed by atoms with Crippen LogP contribution in [-0.2, 0) is 9.53 Å². The molecule has 0 fully saturated rings. The van der Waals surface area contributed by atoms with Crippen molar-refractivity contribution < 1.29 is 22.7 Å². The Bertz CT molecular complexity index is 173. The molecule has 0 aliphatic heterocycles. The quantitative estimate of drug-likeness (QED) is 0.602. The van der Waals surface area contributed by atoms with E-state index in [0.29, 0.717) is 0 Å². The molecular weight excluding hydrogens is 161 g/mol. The van der Waals surface area contributed by atoms with Gasteiger partial charge in [-0.1, -0.05) is 0 Å². The standard InChI is InChI=1S/C6H7F3O2/c1-4(10)11-3-2-5(7)6(8)9/h2-3H2,1H3. The van der Waals surface area contributed by atoms with Crippen molar-refractivity contribution in [2.45, 2.75) is 13.3 Å². The summed E-state index contributed by atoms with van der Waals surface area (Å²) in [6.45, 7) is 0.770. The summed E-state index contributed by atoms with van der Waals surface area (Å²) in [5.41, 5.74) is 0. The zero-order valence-corrected chi connectivity index (χ0v) is 5.86.